The Labute approximate surface area is 160 Å². The van der Waals surface area contributed by atoms with Gasteiger partial charge < -0.3 is 14.8 Å². The van der Waals surface area contributed by atoms with Crippen LogP contribution in [0.5, 0.6) is 0 Å². The van der Waals surface area contributed by atoms with Crippen molar-refractivity contribution in [1.29, 1.82) is 0 Å². The van der Waals surface area contributed by atoms with E-state index in [1.165, 1.54) is 27.8 Å². The molecule has 0 radical (unpaired) electrons. The molecule has 4 heterocycles. The van der Waals surface area contributed by atoms with Crippen molar-refractivity contribution in [3.63, 3.8) is 0 Å². The van der Waals surface area contributed by atoms with Gasteiger partial charge in [-0.3, -0.25) is 4.90 Å². The Morgan fingerprint density at radius 1 is 1.00 bits per heavy atom. The van der Waals surface area contributed by atoms with E-state index < -0.39 is 0 Å². The second-order valence-corrected chi connectivity index (χ2v) is 8.51. The third-order valence-corrected chi connectivity index (χ3v) is 7.08. The summed E-state index contributed by atoms with van der Waals surface area (Å²) < 4.78 is 2.72. The van der Waals surface area contributed by atoms with Gasteiger partial charge in [0, 0.05) is 47.5 Å². The van der Waals surface area contributed by atoms with E-state index in [2.05, 4.69) is 82.3 Å². The van der Waals surface area contributed by atoms with E-state index in [4.69, 9.17) is 0 Å². The molecule has 3 aromatic rings. The molecule has 0 saturated carbocycles. The monoisotopic (exact) mass is 358 g/mol. The molecule has 138 valence electrons. The number of nitrogens with zero attached hydrogens (tertiary/aromatic N) is 3. The number of likely N-dealkylation sites (tertiary alicyclic amines) is 1. The van der Waals surface area contributed by atoms with Crippen molar-refractivity contribution < 1.29 is 0 Å². The predicted octanol–water partition coefficient (Wildman–Crippen LogP) is 3.46. The molecular formula is C23H26N4. The Bertz CT molecular complexity index is 1050. The first-order valence-electron chi connectivity index (χ1n) is 10.1. The average Bonchev–Trinajstić information content (AvgIpc) is 3.29. The lowest BCUT2D eigenvalue weighted by Crippen LogP contribution is -2.47. The molecule has 0 spiro atoms. The molecule has 3 aliphatic rings. The van der Waals surface area contributed by atoms with E-state index in [0.717, 1.165) is 32.5 Å². The number of aromatic nitrogens is 1. The molecule has 4 nitrogen and oxygen atoms in total. The average molecular weight is 358 g/mol. The fourth-order valence-corrected chi connectivity index (χ4v) is 5.87. The van der Waals surface area contributed by atoms with Gasteiger partial charge in [0.2, 0.25) is 0 Å². The highest BCUT2D eigenvalue weighted by atomic mass is 15.4. The Morgan fingerprint density at radius 2 is 1.81 bits per heavy atom. The molecule has 1 aromatic heterocycles. The van der Waals surface area contributed by atoms with Gasteiger partial charge in [0.15, 0.2) is 0 Å². The summed E-state index contributed by atoms with van der Waals surface area (Å²) in [6, 6.07) is 18.0. The first-order valence-corrected chi connectivity index (χ1v) is 10.1. The minimum absolute atomic E-state index is 0.0310. The van der Waals surface area contributed by atoms with E-state index in [1.807, 2.05) is 0 Å². The number of para-hydroxylation sites is 2. The topological polar surface area (TPSA) is 23.4 Å². The Kier molecular flexibility index (Phi) is 3.13. The molecular weight excluding hydrogens is 332 g/mol. The molecule has 2 atom stereocenters. The van der Waals surface area contributed by atoms with Gasteiger partial charge in [0.1, 0.15) is 11.7 Å². The summed E-state index contributed by atoms with van der Waals surface area (Å²) in [5, 5.41) is 5.30. The van der Waals surface area contributed by atoms with Crippen LogP contribution in [0.1, 0.15) is 23.2 Å². The van der Waals surface area contributed by atoms with E-state index in [9.17, 15) is 0 Å². The smallest absolute Gasteiger partial charge is 0.108 e. The molecule has 2 aromatic carbocycles. The van der Waals surface area contributed by atoms with E-state index >= 15 is 0 Å². The normalized spacial score (nSPS) is 27.4. The quantitative estimate of drug-likeness (QED) is 0.721. The fraction of sp³-hybridized carbons (Fsp3) is 0.391. The van der Waals surface area contributed by atoms with Crippen LogP contribution in [0, 0.1) is 0 Å². The summed E-state index contributed by atoms with van der Waals surface area (Å²) in [6.45, 7) is 3.29. The summed E-state index contributed by atoms with van der Waals surface area (Å²) in [6.07, 6.45) is 2.60. The van der Waals surface area contributed by atoms with Crippen molar-refractivity contribution in [3.8, 4) is 0 Å². The van der Waals surface area contributed by atoms with Gasteiger partial charge in [0.05, 0.1) is 0 Å². The molecule has 0 unspecified atom stereocenters. The van der Waals surface area contributed by atoms with Crippen LogP contribution in [0.3, 0.4) is 0 Å². The standard InChI is InChI=1S/C23H26N4/c1-25-13-11-17-16-7-3-6-10-20(16)27(21(17)15-25)23-12-14-26(2)22(23)24-19-9-5-4-8-18(19)23/h3-10,22,24H,11-15H2,1-2H3/t22-,23+/m1/s1. The predicted molar refractivity (Wildman–Crippen MR) is 110 cm³/mol. The first-order chi connectivity index (χ1) is 13.2. The molecule has 1 N–H and O–H groups in total. The molecule has 6 rings (SSSR count). The lowest BCUT2D eigenvalue weighted by molar-refractivity contribution is 0.241. The largest absolute Gasteiger partial charge is 0.367 e. The van der Waals surface area contributed by atoms with Crippen LogP contribution < -0.4 is 5.32 Å². The van der Waals surface area contributed by atoms with Crippen molar-refractivity contribution >= 4 is 16.6 Å². The highest BCUT2D eigenvalue weighted by Gasteiger charge is 2.55. The number of fused-ring (bicyclic) bond motifs is 6. The van der Waals surface area contributed by atoms with Crippen LogP contribution in [-0.2, 0) is 18.5 Å². The SMILES string of the molecule is CN1CCc2c(n([C@]34CCN(C)[C@H]3Nc3ccccc34)c3ccccc23)C1. The zero-order valence-electron chi connectivity index (χ0n) is 16.1. The zero-order valence-corrected chi connectivity index (χ0v) is 16.1. The number of anilines is 1. The van der Waals surface area contributed by atoms with Gasteiger partial charge >= 0.3 is 0 Å². The minimum atomic E-state index is -0.0310. The minimum Gasteiger partial charge on any atom is -0.367 e. The van der Waals surface area contributed by atoms with Gasteiger partial charge in [-0.1, -0.05) is 36.4 Å². The number of hydrogen-bond donors (Lipinski definition) is 1. The van der Waals surface area contributed by atoms with Gasteiger partial charge in [0.25, 0.3) is 0 Å². The maximum absolute atomic E-state index is 3.85. The summed E-state index contributed by atoms with van der Waals surface area (Å²) in [5.41, 5.74) is 7.20. The van der Waals surface area contributed by atoms with Gasteiger partial charge in [-0.15, -0.1) is 0 Å². The molecule has 4 heteroatoms. The van der Waals surface area contributed by atoms with Crippen LogP contribution in [0.4, 0.5) is 5.69 Å². The van der Waals surface area contributed by atoms with Gasteiger partial charge in [-0.05, 0) is 44.6 Å². The lowest BCUT2D eigenvalue weighted by Gasteiger charge is -2.37. The highest BCUT2D eigenvalue weighted by molar-refractivity contribution is 5.87. The number of nitrogens with one attached hydrogen (secondary N) is 1. The number of benzene rings is 2. The summed E-state index contributed by atoms with van der Waals surface area (Å²) in [5.74, 6) is 0. The molecule has 3 aliphatic heterocycles. The molecule has 1 fully saturated rings. The molecule has 27 heavy (non-hydrogen) atoms. The van der Waals surface area contributed by atoms with Crippen LogP contribution in [0.25, 0.3) is 10.9 Å². The van der Waals surface area contributed by atoms with Crippen LogP contribution in [0.2, 0.25) is 0 Å². The van der Waals surface area contributed by atoms with Crippen molar-refractivity contribution in [2.24, 2.45) is 0 Å². The van der Waals surface area contributed by atoms with E-state index in [0.29, 0.717) is 6.17 Å². The number of rotatable bonds is 1. The summed E-state index contributed by atoms with van der Waals surface area (Å²) >= 11 is 0. The van der Waals surface area contributed by atoms with Crippen LogP contribution in [-0.4, -0.2) is 47.7 Å². The Balaban J connectivity index is 1.72. The number of hydrogen-bond acceptors (Lipinski definition) is 3. The third-order valence-electron chi connectivity index (χ3n) is 7.08. The van der Waals surface area contributed by atoms with Gasteiger partial charge in [-0.2, -0.15) is 0 Å². The van der Waals surface area contributed by atoms with Crippen molar-refractivity contribution in [2.45, 2.75) is 31.1 Å². The number of likely N-dealkylation sites (N-methyl/N-ethyl adjacent to an activating group) is 2. The van der Waals surface area contributed by atoms with E-state index in [1.54, 1.807) is 5.56 Å². The first kappa shape index (κ1) is 15.7. The van der Waals surface area contributed by atoms with Crippen LogP contribution in [0.15, 0.2) is 48.5 Å². The van der Waals surface area contributed by atoms with Crippen molar-refractivity contribution in [3.05, 3.63) is 65.4 Å². The second kappa shape index (κ2) is 5.37. The maximum Gasteiger partial charge on any atom is 0.108 e. The zero-order chi connectivity index (χ0) is 18.2. The molecule has 0 bridgehead atoms. The Hall–Kier alpha value is -2.30. The van der Waals surface area contributed by atoms with Crippen molar-refractivity contribution in [1.82, 2.24) is 14.4 Å². The van der Waals surface area contributed by atoms with Gasteiger partial charge in [-0.25, -0.2) is 0 Å². The lowest BCUT2D eigenvalue weighted by atomic mass is 9.87. The molecule has 0 aliphatic carbocycles. The molecule has 1 saturated heterocycles. The summed E-state index contributed by atoms with van der Waals surface area (Å²) in [7, 11) is 4.51. The van der Waals surface area contributed by atoms with Crippen LogP contribution >= 0.6 is 0 Å². The summed E-state index contributed by atoms with van der Waals surface area (Å²) in [4.78, 5) is 4.96. The third kappa shape index (κ3) is 1.90. The maximum atomic E-state index is 3.85. The Morgan fingerprint density at radius 3 is 2.74 bits per heavy atom. The van der Waals surface area contributed by atoms with E-state index in [-0.39, 0.29) is 5.54 Å². The molecule has 0 amide bonds. The second-order valence-electron chi connectivity index (χ2n) is 8.51. The van der Waals surface area contributed by atoms with Crippen molar-refractivity contribution in [2.75, 3.05) is 32.5 Å². The highest BCUT2D eigenvalue weighted by Crippen LogP contribution is 2.52. The fourth-order valence-electron chi connectivity index (χ4n) is 5.87.